The summed E-state index contributed by atoms with van der Waals surface area (Å²) in [6.07, 6.45) is 0. The lowest BCUT2D eigenvalue weighted by Gasteiger charge is -2.24. The topological polar surface area (TPSA) is 79.6 Å². The van der Waals surface area contributed by atoms with Crippen molar-refractivity contribution in [2.75, 3.05) is 31.1 Å². The fraction of sp³-hybridized carbons (Fsp3) is 0.300. The van der Waals surface area contributed by atoms with Crippen molar-refractivity contribution >= 4 is 66.6 Å². The number of hydrogen-bond donors (Lipinski definition) is 0. The van der Waals surface area contributed by atoms with Crippen molar-refractivity contribution in [3.05, 3.63) is 62.6 Å². The monoisotopic (exact) mass is 512 g/mol. The Morgan fingerprint density at radius 1 is 1.17 bits per heavy atom. The Hall–Kier alpha value is -2.07. The highest BCUT2D eigenvalue weighted by atomic mass is 79.9. The van der Waals surface area contributed by atoms with Crippen LogP contribution in [0, 0.1) is 10.1 Å². The van der Waals surface area contributed by atoms with Crippen LogP contribution in [0.3, 0.4) is 0 Å². The molecule has 0 aliphatic rings. The zero-order valence-electron chi connectivity index (χ0n) is 16.6. The smallest absolute Gasteiger partial charge is 0.282 e. The molecule has 2 aromatic carbocycles. The van der Waals surface area contributed by atoms with E-state index < -0.39 is 10.8 Å². The summed E-state index contributed by atoms with van der Waals surface area (Å²) in [6, 6.07) is 11.8. The van der Waals surface area contributed by atoms with Gasteiger partial charge in [-0.1, -0.05) is 53.2 Å². The zero-order chi connectivity index (χ0) is 21.0. The van der Waals surface area contributed by atoms with E-state index in [1.807, 2.05) is 18.2 Å². The summed E-state index contributed by atoms with van der Waals surface area (Å²) in [5.74, 6) is -0.414. The molecule has 0 atom stereocenters. The molecule has 0 radical (unpaired) electrons. The molecule has 1 aromatic heterocycles. The van der Waals surface area contributed by atoms with Crippen LogP contribution in [0.25, 0.3) is 10.2 Å². The number of aromatic nitrogens is 1. The molecule has 160 valence electrons. The summed E-state index contributed by atoms with van der Waals surface area (Å²) in [5, 5.41) is 12.0. The van der Waals surface area contributed by atoms with Gasteiger partial charge < -0.3 is 4.90 Å². The van der Waals surface area contributed by atoms with Gasteiger partial charge in [-0.15, -0.1) is 12.4 Å². The summed E-state index contributed by atoms with van der Waals surface area (Å²) in [5.41, 5.74) is 0.656. The Kier molecular flexibility index (Phi) is 8.72. The molecule has 0 saturated carbocycles. The van der Waals surface area contributed by atoms with Crippen LogP contribution in [0.1, 0.15) is 24.2 Å². The Morgan fingerprint density at radius 2 is 1.87 bits per heavy atom. The van der Waals surface area contributed by atoms with Crippen LogP contribution in [0.4, 0.5) is 10.8 Å². The average molecular weight is 514 g/mol. The van der Waals surface area contributed by atoms with Crippen molar-refractivity contribution in [3.8, 4) is 0 Å². The van der Waals surface area contributed by atoms with Gasteiger partial charge in [0.05, 0.1) is 15.1 Å². The maximum atomic E-state index is 13.4. The van der Waals surface area contributed by atoms with E-state index in [9.17, 15) is 14.9 Å². The number of amides is 1. The highest BCUT2D eigenvalue weighted by Crippen LogP contribution is 2.32. The van der Waals surface area contributed by atoms with Crippen molar-refractivity contribution in [2.45, 2.75) is 13.8 Å². The largest absolute Gasteiger partial charge is 0.302 e. The maximum Gasteiger partial charge on any atom is 0.282 e. The highest BCUT2D eigenvalue weighted by Gasteiger charge is 2.27. The number of carbonyl (C=O) groups excluding carboxylic acids is 1. The normalized spacial score (nSPS) is 10.8. The molecule has 3 aromatic rings. The number of nitrogens with zero attached hydrogens (tertiary/aromatic N) is 4. The number of rotatable bonds is 8. The van der Waals surface area contributed by atoms with Crippen molar-refractivity contribution in [1.29, 1.82) is 0 Å². The Morgan fingerprint density at radius 3 is 2.53 bits per heavy atom. The number of para-hydroxylation sites is 1. The van der Waals surface area contributed by atoms with E-state index in [-0.39, 0.29) is 23.7 Å². The second-order valence-corrected chi connectivity index (χ2v) is 8.29. The van der Waals surface area contributed by atoms with E-state index in [0.717, 1.165) is 27.8 Å². The number of benzene rings is 2. The summed E-state index contributed by atoms with van der Waals surface area (Å²) >= 11 is 4.85. The molecule has 1 heterocycles. The molecule has 0 saturated heterocycles. The van der Waals surface area contributed by atoms with E-state index in [0.29, 0.717) is 18.2 Å². The molecule has 0 spiro atoms. The van der Waals surface area contributed by atoms with E-state index in [2.05, 4.69) is 39.7 Å². The van der Waals surface area contributed by atoms with Gasteiger partial charge >= 0.3 is 0 Å². The molecular weight excluding hydrogens is 492 g/mol. The molecule has 10 heteroatoms. The first kappa shape index (κ1) is 24.2. The predicted molar refractivity (Wildman–Crippen MR) is 127 cm³/mol. The van der Waals surface area contributed by atoms with Gasteiger partial charge in [0.1, 0.15) is 5.56 Å². The summed E-state index contributed by atoms with van der Waals surface area (Å²) in [4.78, 5) is 32.6. The summed E-state index contributed by atoms with van der Waals surface area (Å²) < 4.78 is 1.87. The van der Waals surface area contributed by atoms with Crippen LogP contribution >= 0.6 is 39.7 Å². The standard InChI is InChI=1S/C20H21BrN4O3S.ClH/c1-3-23(4-2)11-12-24(19(26)15-7-5-6-8-17(15)25(27)28)20-22-16-10-9-14(21)13-18(16)29-20;/h5-10,13H,3-4,11-12H2,1-2H3;1H. The van der Waals surface area contributed by atoms with E-state index in [4.69, 9.17) is 0 Å². The minimum absolute atomic E-state index is 0. The molecule has 0 unspecified atom stereocenters. The summed E-state index contributed by atoms with van der Waals surface area (Å²) in [7, 11) is 0. The molecule has 3 rings (SSSR count). The summed E-state index contributed by atoms with van der Waals surface area (Å²) in [6.45, 7) is 6.89. The number of halogens is 2. The number of anilines is 1. The van der Waals surface area contributed by atoms with Crippen LogP contribution in [0.2, 0.25) is 0 Å². The van der Waals surface area contributed by atoms with Crippen LogP contribution < -0.4 is 4.90 Å². The van der Waals surface area contributed by atoms with Gasteiger partial charge in [0.15, 0.2) is 5.13 Å². The number of thiazole rings is 1. The molecule has 0 N–H and O–H groups in total. The Labute approximate surface area is 193 Å². The molecule has 1 amide bonds. The van der Waals surface area contributed by atoms with Gasteiger partial charge in [0, 0.05) is 23.6 Å². The first-order valence-corrected chi connectivity index (χ1v) is 10.9. The van der Waals surface area contributed by atoms with Crippen molar-refractivity contribution in [3.63, 3.8) is 0 Å². The quantitative estimate of drug-likeness (QED) is 0.298. The van der Waals surface area contributed by atoms with Crippen LogP contribution in [-0.4, -0.2) is 46.9 Å². The first-order valence-electron chi connectivity index (χ1n) is 9.28. The van der Waals surface area contributed by atoms with Crippen LogP contribution in [0.5, 0.6) is 0 Å². The predicted octanol–water partition coefficient (Wildman–Crippen LogP) is 5.38. The lowest BCUT2D eigenvalue weighted by atomic mass is 10.1. The number of fused-ring (bicyclic) bond motifs is 1. The van der Waals surface area contributed by atoms with Gasteiger partial charge in [0.2, 0.25) is 0 Å². The molecule has 0 fully saturated rings. The second kappa shape index (κ2) is 10.8. The minimum atomic E-state index is -0.523. The molecular formula is C20H22BrClN4O3S. The number of nitro benzene ring substituents is 1. The van der Waals surface area contributed by atoms with E-state index >= 15 is 0 Å². The number of likely N-dealkylation sites (N-methyl/N-ethyl adjacent to an activating group) is 1. The molecule has 7 nitrogen and oxygen atoms in total. The molecule has 0 aliphatic carbocycles. The number of hydrogen-bond acceptors (Lipinski definition) is 6. The number of nitro groups is 1. The number of carbonyl (C=O) groups is 1. The van der Waals surface area contributed by atoms with Crippen LogP contribution in [-0.2, 0) is 0 Å². The van der Waals surface area contributed by atoms with E-state index in [1.165, 1.54) is 23.5 Å². The van der Waals surface area contributed by atoms with Crippen LogP contribution in [0.15, 0.2) is 46.9 Å². The Balaban J connectivity index is 0.00000320. The van der Waals surface area contributed by atoms with Gasteiger partial charge in [-0.2, -0.15) is 0 Å². The molecule has 30 heavy (non-hydrogen) atoms. The maximum absolute atomic E-state index is 13.4. The SMILES string of the molecule is CCN(CC)CCN(C(=O)c1ccccc1[N+](=O)[O-])c1nc2ccc(Br)cc2s1.Cl. The first-order chi connectivity index (χ1) is 13.9. The van der Waals surface area contributed by atoms with Gasteiger partial charge in [0.25, 0.3) is 11.6 Å². The van der Waals surface area contributed by atoms with E-state index in [1.54, 1.807) is 17.0 Å². The van der Waals surface area contributed by atoms with Gasteiger partial charge in [-0.3, -0.25) is 19.8 Å². The van der Waals surface area contributed by atoms with Crippen molar-refractivity contribution < 1.29 is 9.72 Å². The third kappa shape index (κ3) is 5.34. The fourth-order valence-electron chi connectivity index (χ4n) is 3.03. The van der Waals surface area contributed by atoms with Gasteiger partial charge in [-0.05, 0) is 37.4 Å². The third-order valence-electron chi connectivity index (χ3n) is 4.68. The Bertz CT molecular complexity index is 1040. The van der Waals surface area contributed by atoms with Gasteiger partial charge in [-0.25, -0.2) is 4.98 Å². The van der Waals surface area contributed by atoms with Crippen molar-refractivity contribution in [1.82, 2.24) is 9.88 Å². The lowest BCUT2D eigenvalue weighted by molar-refractivity contribution is -0.385. The fourth-order valence-corrected chi connectivity index (χ4v) is 4.57. The van der Waals surface area contributed by atoms with Crippen molar-refractivity contribution in [2.24, 2.45) is 0 Å². The minimum Gasteiger partial charge on any atom is -0.302 e. The highest BCUT2D eigenvalue weighted by molar-refractivity contribution is 9.10. The average Bonchev–Trinajstić information content (AvgIpc) is 3.13. The second-order valence-electron chi connectivity index (χ2n) is 6.37. The molecule has 0 aliphatic heterocycles. The zero-order valence-corrected chi connectivity index (χ0v) is 19.8. The molecule has 0 bridgehead atoms. The third-order valence-corrected chi connectivity index (χ3v) is 6.22. The lowest BCUT2D eigenvalue weighted by Crippen LogP contribution is -2.39.